The lowest BCUT2D eigenvalue weighted by molar-refractivity contribution is 0.121. The highest BCUT2D eigenvalue weighted by atomic mass is 19.1. The first-order valence-corrected chi connectivity index (χ1v) is 9.13. The van der Waals surface area contributed by atoms with Crippen LogP contribution in [-0.2, 0) is 12.0 Å². The first-order valence-electron chi connectivity index (χ1n) is 9.13. The Labute approximate surface area is 161 Å². The van der Waals surface area contributed by atoms with Crippen LogP contribution in [-0.4, -0.2) is 49.4 Å². The molecule has 0 bridgehead atoms. The highest BCUT2D eigenvalue weighted by Gasteiger charge is 2.42. The van der Waals surface area contributed by atoms with Crippen LogP contribution in [0, 0.1) is 5.82 Å². The maximum atomic E-state index is 13.9. The fourth-order valence-electron chi connectivity index (χ4n) is 3.76. The van der Waals surface area contributed by atoms with E-state index in [2.05, 4.69) is 15.4 Å². The number of hydrogen-bond acceptors (Lipinski definition) is 4. The number of nitrogens with zero attached hydrogens (tertiary/aromatic N) is 5. The average molecular weight is 381 g/mol. The van der Waals surface area contributed by atoms with Crippen LogP contribution in [0.15, 0.2) is 54.6 Å². The van der Waals surface area contributed by atoms with Gasteiger partial charge in [-0.3, -0.25) is 0 Å². The van der Waals surface area contributed by atoms with Crippen molar-refractivity contribution in [1.29, 1.82) is 0 Å². The number of carbonyl (C=O) groups is 1. The standard InChI is InChI=1S/C20H20FN5O2/c21-17-9-5-4-6-15(17)14-26-23-18(22-24-26)20(16-7-2-1-3-8-16)10-12-25(13-11-20)19(27)28/h1-9H,10-14H2,(H,27,28). The average Bonchev–Trinajstić information content (AvgIpc) is 3.19. The van der Waals surface area contributed by atoms with E-state index >= 15 is 0 Å². The monoisotopic (exact) mass is 381 g/mol. The molecular weight excluding hydrogens is 361 g/mol. The maximum Gasteiger partial charge on any atom is 0.407 e. The number of halogens is 1. The highest BCUT2D eigenvalue weighted by Crippen LogP contribution is 2.39. The Balaban J connectivity index is 1.66. The number of benzene rings is 2. The van der Waals surface area contributed by atoms with Crippen molar-refractivity contribution in [2.45, 2.75) is 24.8 Å². The van der Waals surface area contributed by atoms with Gasteiger partial charge in [-0.2, -0.15) is 4.80 Å². The lowest BCUT2D eigenvalue weighted by atomic mass is 9.72. The van der Waals surface area contributed by atoms with Crippen LogP contribution in [0.5, 0.6) is 0 Å². The zero-order valence-corrected chi connectivity index (χ0v) is 15.2. The van der Waals surface area contributed by atoms with Crippen molar-refractivity contribution < 1.29 is 14.3 Å². The summed E-state index contributed by atoms with van der Waals surface area (Å²) in [5.41, 5.74) is 1.01. The van der Waals surface area contributed by atoms with E-state index in [1.54, 1.807) is 18.2 Å². The molecule has 1 aliphatic heterocycles. The van der Waals surface area contributed by atoms with Gasteiger partial charge in [-0.05, 0) is 29.7 Å². The molecule has 7 nitrogen and oxygen atoms in total. The van der Waals surface area contributed by atoms with Gasteiger partial charge in [-0.15, -0.1) is 10.2 Å². The molecule has 1 fully saturated rings. The van der Waals surface area contributed by atoms with Crippen LogP contribution in [0.3, 0.4) is 0 Å². The number of hydrogen-bond donors (Lipinski definition) is 1. The molecule has 3 aromatic rings. The molecule has 1 aromatic heterocycles. The highest BCUT2D eigenvalue weighted by molar-refractivity contribution is 5.65. The molecule has 2 aromatic carbocycles. The first kappa shape index (κ1) is 18.1. The lowest BCUT2D eigenvalue weighted by Crippen LogP contribution is -2.45. The van der Waals surface area contributed by atoms with E-state index in [1.807, 2.05) is 30.3 Å². The van der Waals surface area contributed by atoms with Crippen LogP contribution >= 0.6 is 0 Å². The zero-order chi connectivity index (χ0) is 19.6. The summed E-state index contributed by atoms with van der Waals surface area (Å²) in [6, 6.07) is 16.3. The smallest absolute Gasteiger partial charge is 0.407 e. The Morgan fingerprint density at radius 2 is 1.75 bits per heavy atom. The Morgan fingerprint density at radius 1 is 1.07 bits per heavy atom. The van der Waals surface area contributed by atoms with Crippen LogP contribution in [0.4, 0.5) is 9.18 Å². The number of carboxylic acid groups (broad SMARTS) is 1. The molecule has 0 radical (unpaired) electrons. The predicted molar refractivity (Wildman–Crippen MR) is 99.4 cm³/mol. The van der Waals surface area contributed by atoms with Gasteiger partial charge in [0.05, 0.1) is 12.0 Å². The van der Waals surface area contributed by atoms with Crippen molar-refractivity contribution in [1.82, 2.24) is 25.1 Å². The summed E-state index contributed by atoms with van der Waals surface area (Å²) in [4.78, 5) is 14.1. The molecule has 1 aliphatic rings. The molecule has 4 rings (SSSR count). The second-order valence-electron chi connectivity index (χ2n) is 6.95. The number of aromatic nitrogens is 4. The van der Waals surface area contributed by atoms with Crippen LogP contribution < -0.4 is 0 Å². The molecule has 0 saturated carbocycles. The Morgan fingerprint density at radius 3 is 2.43 bits per heavy atom. The van der Waals surface area contributed by atoms with Gasteiger partial charge in [0.2, 0.25) is 0 Å². The largest absolute Gasteiger partial charge is 0.465 e. The molecule has 0 atom stereocenters. The summed E-state index contributed by atoms with van der Waals surface area (Å²) in [6.45, 7) is 0.976. The van der Waals surface area contributed by atoms with Gasteiger partial charge in [0, 0.05) is 18.7 Å². The molecule has 2 heterocycles. The number of amides is 1. The molecule has 8 heteroatoms. The molecule has 28 heavy (non-hydrogen) atoms. The molecule has 1 amide bonds. The van der Waals surface area contributed by atoms with Crippen molar-refractivity contribution in [2.75, 3.05) is 13.1 Å². The minimum atomic E-state index is -0.919. The molecule has 144 valence electrons. The van der Waals surface area contributed by atoms with Crippen molar-refractivity contribution >= 4 is 6.09 Å². The summed E-state index contributed by atoms with van der Waals surface area (Å²) in [5.74, 6) is 0.231. The van der Waals surface area contributed by atoms with E-state index < -0.39 is 11.5 Å². The molecule has 0 aliphatic carbocycles. The minimum Gasteiger partial charge on any atom is -0.465 e. The van der Waals surface area contributed by atoms with Gasteiger partial charge in [-0.1, -0.05) is 48.5 Å². The summed E-state index contributed by atoms with van der Waals surface area (Å²) in [5, 5.41) is 22.2. The van der Waals surface area contributed by atoms with Crippen LogP contribution in [0.2, 0.25) is 0 Å². The molecule has 1 saturated heterocycles. The van der Waals surface area contributed by atoms with Gasteiger partial charge < -0.3 is 10.0 Å². The third kappa shape index (κ3) is 3.33. The third-order valence-electron chi connectivity index (χ3n) is 5.36. The number of tetrazole rings is 1. The van der Waals surface area contributed by atoms with E-state index in [1.165, 1.54) is 15.8 Å². The van der Waals surface area contributed by atoms with Gasteiger partial charge in [0.15, 0.2) is 5.82 Å². The molecule has 1 N–H and O–H groups in total. The minimum absolute atomic E-state index is 0.186. The normalized spacial score (nSPS) is 16.1. The Bertz CT molecular complexity index is 967. The summed E-state index contributed by atoms with van der Waals surface area (Å²) < 4.78 is 13.9. The third-order valence-corrected chi connectivity index (χ3v) is 5.36. The van der Waals surface area contributed by atoms with Gasteiger partial charge >= 0.3 is 6.09 Å². The fraction of sp³-hybridized carbons (Fsp3) is 0.300. The zero-order valence-electron chi connectivity index (χ0n) is 15.2. The van der Waals surface area contributed by atoms with Gasteiger partial charge in [0.25, 0.3) is 0 Å². The number of likely N-dealkylation sites (tertiary alicyclic amines) is 1. The van der Waals surface area contributed by atoms with E-state index in [0.717, 1.165) is 5.56 Å². The van der Waals surface area contributed by atoms with Crippen molar-refractivity contribution in [3.8, 4) is 0 Å². The fourth-order valence-corrected chi connectivity index (χ4v) is 3.76. The van der Waals surface area contributed by atoms with Gasteiger partial charge in [-0.25, -0.2) is 9.18 Å². The SMILES string of the molecule is O=C(O)N1CCC(c2ccccc2)(c2nnn(Cc3ccccc3F)n2)CC1. The van der Waals surface area contributed by atoms with E-state index in [9.17, 15) is 14.3 Å². The van der Waals surface area contributed by atoms with Crippen molar-refractivity contribution in [3.63, 3.8) is 0 Å². The second-order valence-corrected chi connectivity index (χ2v) is 6.95. The molecule has 0 spiro atoms. The van der Waals surface area contributed by atoms with Crippen molar-refractivity contribution in [3.05, 3.63) is 77.4 Å². The Hall–Kier alpha value is -3.29. The number of rotatable bonds is 4. The van der Waals surface area contributed by atoms with Crippen molar-refractivity contribution in [2.24, 2.45) is 0 Å². The predicted octanol–water partition coefficient (Wildman–Crippen LogP) is 2.92. The Kier molecular flexibility index (Phi) is 4.77. The summed E-state index contributed by atoms with van der Waals surface area (Å²) >= 11 is 0. The van der Waals surface area contributed by atoms with E-state index in [4.69, 9.17) is 0 Å². The van der Waals surface area contributed by atoms with Crippen LogP contribution in [0.25, 0.3) is 0 Å². The quantitative estimate of drug-likeness (QED) is 0.751. The lowest BCUT2D eigenvalue weighted by Gasteiger charge is -2.39. The molecular formula is C20H20FN5O2. The topological polar surface area (TPSA) is 84.1 Å². The summed E-state index contributed by atoms with van der Waals surface area (Å²) in [6.07, 6.45) is 0.210. The molecule has 0 unspecified atom stereocenters. The number of piperidine rings is 1. The summed E-state index contributed by atoms with van der Waals surface area (Å²) in [7, 11) is 0. The second kappa shape index (κ2) is 7.38. The first-order chi connectivity index (χ1) is 13.6. The van der Waals surface area contributed by atoms with Crippen LogP contribution in [0.1, 0.15) is 29.8 Å². The van der Waals surface area contributed by atoms with E-state index in [-0.39, 0.29) is 12.4 Å². The van der Waals surface area contributed by atoms with E-state index in [0.29, 0.717) is 37.3 Å². The van der Waals surface area contributed by atoms with Gasteiger partial charge in [0.1, 0.15) is 5.82 Å². The maximum absolute atomic E-state index is 13.9.